The van der Waals surface area contributed by atoms with Gasteiger partial charge in [0.05, 0.1) is 12.4 Å². The van der Waals surface area contributed by atoms with Crippen LogP contribution in [0.1, 0.15) is 31.5 Å². The molecular weight excluding hydrogens is 195 g/mol. The van der Waals surface area contributed by atoms with Gasteiger partial charge in [-0.15, -0.1) is 0 Å². The molecule has 2 aliphatic rings. The zero-order valence-corrected chi connectivity index (χ0v) is 8.24. The van der Waals surface area contributed by atoms with Gasteiger partial charge in [-0.05, 0) is 18.8 Å². The summed E-state index contributed by atoms with van der Waals surface area (Å²) in [5.41, 5.74) is 0.00160. The van der Waals surface area contributed by atoms with Crippen molar-refractivity contribution < 1.29 is 9.18 Å². The molecule has 3 nitrogen and oxygen atoms in total. The topological polar surface area (TPSA) is 42.9 Å². The van der Waals surface area contributed by atoms with E-state index in [0.29, 0.717) is 24.5 Å². The van der Waals surface area contributed by atoms with Crippen LogP contribution in [0.25, 0.3) is 0 Å². The molecule has 1 aromatic heterocycles. The van der Waals surface area contributed by atoms with E-state index in [2.05, 4.69) is 9.97 Å². The monoisotopic (exact) mass is 206 g/mol. The van der Waals surface area contributed by atoms with Gasteiger partial charge in [0, 0.05) is 18.3 Å². The van der Waals surface area contributed by atoms with Crippen LogP contribution in [0.2, 0.25) is 0 Å². The minimum Gasteiger partial charge on any atom is -0.300 e. The van der Waals surface area contributed by atoms with E-state index in [1.54, 1.807) is 0 Å². The molecule has 0 spiro atoms. The quantitative estimate of drug-likeness (QED) is 0.701. The first-order chi connectivity index (χ1) is 7.21. The minimum absolute atomic E-state index is 0.00160. The van der Waals surface area contributed by atoms with E-state index in [1.165, 1.54) is 12.4 Å². The predicted octanol–water partition coefficient (Wildman–Crippen LogP) is 1.63. The summed E-state index contributed by atoms with van der Waals surface area (Å²) in [5.74, 6) is 1.07. The van der Waals surface area contributed by atoms with Crippen molar-refractivity contribution in [2.24, 2.45) is 5.92 Å². The van der Waals surface area contributed by atoms with Gasteiger partial charge in [-0.25, -0.2) is 14.4 Å². The van der Waals surface area contributed by atoms with Crippen LogP contribution in [-0.4, -0.2) is 15.8 Å². The highest BCUT2D eigenvalue weighted by Crippen LogP contribution is 2.60. The summed E-state index contributed by atoms with van der Waals surface area (Å²) in [7, 11) is 0. The molecule has 2 atom stereocenters. The van der Waals surface area contributed by atoms with Crippen molar-refractivity contribution in [3.8, 4) is 0 Å². The second-order valence-electron chi connectivity index (χ2n) is 4.52. The van der Waals surface area contributed by atoms with Crippen LogP contribution in [0.3, 0.4) is 0 Å². The molecule has 0 radical (unpaired) electrons. The minimum atomic E-state index is -0.403. The lowest BCUT2D eigenvalue weighted by Crippen LogP contribution is -2.22. The van der Waals surface area contributed by atoms with Crippen molar-refractivity contribution in [3.63, 3.8) is 0 Å². The van der Waals surface area contributed by atoms with E-state index in [9.17, 15) is 9.18 Å². The average molecular weight is 206 g/mol. The Morgan fingerprint density at radius 2 is 2.13 bits per heavy atom. The molecular formula is C11H11FN2O. The molecule has 2 aliphatic carbocycles. The van der Waals surface area contributed by atoms with Gasteiger partial charge in [-0.2, -0.15) is 0 Å². The number of fused-ring (bicyclic) bond motifs is 1. The van der Waals surface area contributed by atoms with Crippen molar-refractivity contribution in [1.29, 1.82) is 0 Å². The molecule has 1 heterocycles. The number of nitrogens with zero attached hydrogens (tertiary/aromatic N) is 2. The maximum Gasteiger partial charge on any atom is 0.159 e. The highest BCUT2D eigenvalue weighted by atomic mass is 19.1. The average Bonchev–Trinajstić information content (AvgIpc) is 2.93. The van der Waals surface area contributed by atoms with Crippen LogP contribution in [0, 0.1) is 11.7 Å². The van der Waals surface area contributed by atoms with Gasteiger partial charge in [0.15, 0.2) is 5.82 Å². The van der Waals surface area contributed by atoms with Gasteiger partial charge in [-0.1, -0.05) is 0 Å². The van der Waals surface area contributed by atoms with Crippen LogP contribution in [0.5, 0.6) is 0 Å². The second kappa shape index (κ2) is 2.84. The first-order valence-electron chi connectivity index (χ1n) is 5.20. The van der Waals surface area contributed by atoms with Crippen LogP contribution in [-0.2, 0) is 10.2 Å². The van der Waals surface area contributed by atoms with E-state index in [1.807, 2.05) is 0 Å². The number of aromatic nitrogens is 2. The Morgan fingerprint density at radius 3 is 2.80 bits per heavy atom. The fraction of sp³-hybridized carbons (Fsp3) is 0.545. The van der Waals surface area contributed by atoms with E-state index < -0.39 is 5.82 Å². The highest BCUT2D eigenvalue weighted by Gasteiger charge is 2.59. The van der Waals surface area contributed by atoms with Crippen molar-refractivity contribution >= 4 is 5.78 Å². The number of ketones is 1. The van der Waals surface area contributed by atoms with Crippen molar-refractivity contribution in [3.05, 3.63) is 24.0 Å². The van der Waals surface area contributed by atoms with Crippen molar-refractivity contribution in [2.75, 3.05) is 0 Å². The van der Waals surface area contributed by atoms with Crippen LogP contribution in [0.4, 0.5) is 4.39 Å². The zero-order chi connectivity index (χ0) is 10.5. The fourth-order valence-electron chi connectivity index (χ4n) is 2.65. The Balaban J connectivity index is 1.90. The SMILES string of the molecule is O=C1CCC2(c3ncc(F)cn3)CC2C1. The molecule has 2 saturated carbocycles. The lowest BCUT2D eigenvalue weighted by atomic mass is 9.87. The number of hydrogen-bond donors (Lipinski definition) is 0. The first-order valence-corrected chi connectivity index (χ1v) is 5.20. The van der Waals surface area contributed by atoms with Gasteiger partial charge in [0.25, 0.3) is 0 Å². The van der Waals surface area contributed by atoms with Crippen LogP contribution in [0.15, 0.2) is 12.4 Å². The van der Waals surface area contributed by atoms with E-state index in [0.717, 1.165) is 18.7 Å². The number of hydrogen-bond acceptors (Lipinski definition) is 3. The first kappa shape index (κ1) is 8.95. The molecule has 2 fully saturated rings. The van der Waals surface area contributed by atoms with Crippen LogP contribution < -0.4 is 0 Å². The van der Waals surface area contributed by atoms with Gasteiger partial charge < -0.3 is 0 Å². The number of rotatable bonds is 1. The Morgan fingerprint density at radius 1 is 1.40 bits per heavy atom. The molecule has 0 amide bonds. The summed E-state index contributed by atoms with van der Waals surface area (Å²) < 4.78 is 12.7. The Labute approximate surface area is 86.7 Å². The van der Waals surface area contributed by atoms with Gasteiger partial charge in [-0.3, -0.25) is 4.79 Å². The number of Topliss-reactive ketones (excluding diaryl/α,β-unsaturated/α-hetero) is 1. The summed E-state index contributed by atoms with van der Waals surface area (Å²) in [5, 5.41) is 0. The second-order valence-corrected chi connectivity index (χ2v) is 4.52. The summed E-state index contributed by atoms with van der Waals surface area (Å²) in [4.78, 5) is 19.3. The van der Waals surface area contributed by atoms with Crippen LogP contribution >= 0.6 is 0 Å². The summed E-state index contributed by atoms with van der Waals surface area (Å²) in [6.45, 7) is 0. The third-order valence-electron chi connectivity index (χ3n) is 3.62. The molecule has 78 valence electrons. The largest absolute Gasteiger partial charge is 0.300 e. The molecule has 0 bridgehead atoms. The van der Waals surface area contributed by atoms with E-state index in [-0.39, 0.29) is 5.41 Å². The fourth-order valence-corrected chi connectivity index (χ4v) is 2.65. The smallest absolute Gasteiger partial charge is 0.159 e. The van der Waals surface area contributed by atoms with Gasteiger partial charge >= 0.3 is 0 Å². The molecule has 0 N–H and O–H groups in total. The van der Waals surface area contributed by atoms with Crippen molar-refractivity contribution in [1.82, 2.24) is 9.97 Å². The molecule has 0 aromatic carbocycles. The maximum absolute atomic E-state index is 12.7. The maximum atomic E-state index is 12.7. The lowest BCUT2D eigenvalue weighted by molar-refractivity contribution is -0.120. The number of carbonyl (C=O) groups is 1. The number of carbonyl (C=O) groups excluding carboxylic acids is 1. The van der Waals surface area contributed by atoms with E-state index >= 15 is 0 Å². The van der Waals surface area contributed by atoms with Crippen molar-refractivity contribution in [2.45, 2.75) is 31.1 Å². The lowest BCUT2D eigenvalue weighted by Gasteiger charge is -2.19. The Bertz CT molecular complexity index is 417. The summed E-state index contributed by atoms with van der Waals surface area (Å²) >= 11 is 0. The Hall–Kier alpha value is -1.32. The normalized spacial score (nSPS) is 33.7. The highest BCUT2D eigenvalue weighted by molar-refractivity contribution is 5.81. The molecule has 15 heavy (non-hydrogen) atoms. The Kier molecular flexibility index (Phi) is 1.69. The zero-order valence-electron chi connectivity index (χ0n) is 8.24. The summed E-state index contributed by atoms with van der Waals surface area (Å²) in [6, 6.07) is 0. The molecule has 3 rings (SSSR count). The van der Waals surface area contributed by atoms with Gasteiger partial charge in [0.1, 0.15) is 11.6 Å². The number of halogens is 1. The molecule has 2 unspecified atom stereocenters. The molecule has 1 aromatic rings. The molecule has 4 heteroatoms. The van der Waals surface area contributed by atoms with E-state index in [4.69, 9.17) is 0 Å². The third-order valence-corrected chi connectivity index (χ3v) is 3.62. The van der Waals surface area contributed by atoms with Gasteiger partial charge in [0.2, 0.25) is 0 Å². The third kappa shape index (κ3) is 1.28. The molecule has 0 aliphatic heterocycles. The molecule has 0 saturated heterocycles. The standard InChI is InChI=1S/C11H11FN2O/c12-8-5-13-10(14-6-8)11-2-1-9(15)3-7(11)4-11/h5-7H,1-4H2. The summed E-state index contributed by atoms with van der Waals surface area (Å²) in [6.07, 6.45) is 5.52. The predicted molar refractivity (Wildman–Crippen MR) is 50.6 cm³/mol.